The topological polar surface area (TPSA) is 127 Å². The molecule has 2 aromatic carbocycles. The van der Waals surface area contributed by atoms with Gasteiger partial charge in [-0.3, -0.25) is 4.79 Å². The average molecular weight is 397 g/mol. The molecule has 0 aliphatic rings. The highest BCUT2D eigenvalue weighted by molar-refractivity contribution is 7.80. The Morgan fingerprint density at radius 3 is 2.43 bits per heavy atom. The van der Waals surface area contributed by atoms with Crippen LogP contribution >= 0.6 is 12.2 Å². The van der Waals surface area contributed by atoms with Crippen LogP contribution in [0.15, 0.2) is 42.5 Å². The van der Waals surface area contributed by atoms with E-state index in [9.17, 15) is 4.79 Å². The van der Waals surface area contributed by atoms with Crippen molar-refractivity contribution in [3.8, 4) is 12.1 Å². The number of nitrogens with zero attached hydrogens (tertiary/aromatic N) is 2. The number of hydrogen-bond donors (Lipinski definition) is 4. The van der Waals surface area contributed by atoms with Crippen LogP contribution in [0.3, 0.4) is 0 Å². The van der Waals surface area contributed by atoms with Gasteiger partial charge in [0.2, 0.25) is 5.91 Å². The lowest BCUT2D eigenvalue weighted by Crippen LogP contribution is -2.51. The molecule has 0 saturated carbocycles. The molecule has 0 spiro atoms. The average Bonchev–Trinajstić information content (AvgIpc) is 2.71. The Labute approximate surface area is 170 Å². The molecule has 0 fully saturated rings. The molecule has 0 aliphatic carbocycles. The van der Waals surface area contributed by atoms with Crippen molar-refractivity contribution in [2.24, 2.45) is 5.73 Å². The largest absolute Gasteiger partial charge is 0.363 e. The number of thiocarbonyl (C=S) groups is 1. The predicted octanol–water partition coefficient (Wildman–Crippen LogP) is 1.34. The van der Waals surface area contributed by atoms with Gasteiger partial charge < -0.3 is 21.7 Å². The van der Waals surface area contributed by atoms with Crippen LogP contribution in [0, 0.1) is 22.7 Å². The molecule has 0 bridgehead atoms. The van der Waals surface area contributed by atoms with Gasteiger partial charge in [0.05, 0.1) is 18.7 Å². The molecule has 1 unspecified atom stereocenters. The quantitative estimate of drug-likeness (QED) is 0.429. The fourth-order valence-corrected chi connectivity index (χ4v) is 2.72. The second-order valence-corrected chi connectivity index (χ2v) is 6.09. The van der Waals surface area contributed by atoms with Crippen LogP contribution in [-0.2, 0) is 11.2 Å². The van der Waals surface area contributed by atoms with Crippen molar-refractivity contribution in [3.63, 3.8) is 0 Å². The fraction of sp³-hybridized carbons (Fsp3) is 0.300. The van der Waals surface area contributed by atoms with E-state index < -0.39 is 6.04 Å². The van der Waals surface area contributed by atoms with Crippen molar-refractivity contribution in [3.05, 3.63) is 48.0 Å². The normalized spacial score (nSPS) is 10.4. The van der Waals surface area contributed by atoms with Crippen LogP contribution < -0.4 is 21.7 Å². The molecule has 7 nitrogen and oxygen atoms in total. The summed E-state index contributed by atoms with van der Waals surface area (Å²) in [6, 6.07) is 17.3. The van der Waals surface area contributed by atoms with Crippen LogP contribution in [0.2, 0.25) is 0 Å². The molecule has 0 saturated heterocycles. The zero-order valence-electron chi connectivity index (χ0n) is 15.7. The molecule has 2 rings (SSSR count). The zero-order valence-corrected chi connectivity index (χ0v) is 16.6. The number of nitriles is 2. The number of carbonyl (C=O) groups excluding carboxylic acids is 1. The smallest absolute Gasteiger partial charge is 0.243 e. The third-order valence-corrected chi connectivity index (χ3v) is 3.91. The molecule has 0 heterocycles. The summed E-state index contributed by atoms with van der Waals surface area (Å²) in [5, 5.41) is 27.4. The number of nitrogens with one attached hydrogen (secondary N) is 3. The van der Waals surface area contributed by atoms with Crippen LogP contribution in [0.1, 0.15) is 12.5 Å². The molecule has 28 heavy (non-hydrogen) atoms. The van der Waals surface area contributed by atoms with Gasteiger partial charge in [0, 0.05) is 13.0 Å². The van der Waals surface area contributed by atoms with Crippen molar-refractivity contribution in [1.29, 1.82) is 10.5 Å². The minimum absolute atomic E-state index is 0.0251. The van der Waals surface area contributed by atoms with Gasteiger partial charge in [-0.2, -0.15) is 10.5 Å². The Bertz CT molecular complexity index is 871. The summed E-state index contributed by atoms with van der Waals surface area (Å²) in [4.78, 5) is 12.3. The van der Waals surface area contributed by atoms with E-state index in [2.05, 4.69) is 33.8 Å². The molecule has 0 radical (unpaired) electrons. The van der Waals surface area contributed by atoms with Gasteiger partial charge in [-0.05, 0) is 35.5 Å². The Morgan fingerprint density at radius 1 is 1.14 bits per heavy atom. The van der Waals surface area contributed by atoms with Crippen molar-refractivity contribution in [2.75, 3.05) is 19.6 Å². The Kier molecular flexibility index (Phi) is 10.6. The first-order valence-corrected chi connectivity index (χ1v) is 9.20. The van der Waals surface area contributed by atoms with Gasteiger partial charge in [0.15, 0.2) is 5.11 Å². The summed E-state index contributed by atoms with van der Waals surface area (Å²) in [6.07, 6.45) is 0.480. The van der Waals surface area contributed by atoms with E-state index in [0.717, 1.165) is 16.3 Å². The van der Waals surface area contributed by atoms with Gasteiger partial charge >= 0.3 is 0 Å². The lowest BCUT2D eigenvalue weighted by molar-refractivity contribution is -0.122. The van der Waals surface area contributed by atoms with Crippen molar-refractivity contribution in [2.45, 2.75) is 19.4 Å². The monoisotopic (exact) mass is 396 g/mol. The second kappa shape index (κ2) is 13.0. The molecule has 0 aromatic heterocycles. The predicted molar refractivity (Wildman–Crippen MR) is 114 cm³/mol. The minimum Gasteiger partial charge on any atom is -0.363 e. The summed E-state index contributed by atoms with van der Waals surface area (Å²) < 4.78 is 0. The van der Waals surface area contributed by atoms with Gasteiger partial charge in [-0.1, -0.05) is 42.5 Å². The number of nitrogens with two attached hydrogens (primary N) is 1. The van der Waals surface area contributed by atoms with Gasteiger partial charge in [0.1, 0.15) is 12.6 Å². The molecule has 1 amide bonds. The number of carbonyl (C=O) groups is 1. The van der Waals surface area contributed by atoms with Crippen LogP contribution in [0.25, 0.3) is 10.8 Å². The maximum absolute atomic E-state index is 12.3. The van der Waals surface area contributed by atoms with E-state index in [0.29, 0.717) is 18.1 Å². The number of hydrogen-bond acceptors (Lipinski definition) is 5. The first-order valence-electron chi connectivity index (χ1n) is 8.79. The SMILES string of the molecule is CCNC(=S)NC(Cc1ccc2ccccc2c1)C(=O)NCC#N.N#CCN. The third kappa shape index (κ3) is 8.00. The Morgan fingerprint density at radius 2 is 1.82 bits per heavy atom. The molecule has 0 aliphatic heterocycles. The van der Waals surface area contributed by atoms with Crippen LogP contribution in [0.5, 0.6) is 0 Å². The van der Waals surface area contributed by atoms with E-state index in [-0.39, 0.29) is 19.0 Å². The van der Waals surface area contributed by atoms with Gasteiger partial charge in [-0.15, -0.1) is 0 Å². The summed E-state index contributed by atoms with van der Waals surface area (Å²) in [5.74, 6) is -0.245. The van der Waals surface area contributed by atoms with Crippen molar-refractivity contribution in [1.82, 2.24) is 16.0 Å². The molecule has 146 valence electrons. The maximum atomic E-state index is 12.3. The highest BCUT2D eigenvalue weighted by Crippen LogP contribution is 2.16. The fourth-order valence-electron chi connectivity index (χ4n) is 2.43. The lowest BCUT2D eigenvalue weighted by atomic mass is 10.0. The number of rotatable bonds is 6. The van der Waals surface area contributed by atoms with Crippen LogP contribution in [-0.4, -0.2) is 36.7 Å². The minimum atomic E-state index is -0.536. The maximum Gasteiger partial charge on any atom is 0.243 e. The number of fused-ring (bicyclic) bond motifs is 1. The summed E-state index contributed by atoms with van der Waals surface area (Å²) in [6.45, 7) is 2.71. The highest BCUT2D eigenvalue weighted by atomic mass is 32.1. The van der Waals surface area contributed by atoms with E-state index in [1.54, 1.807) is 6.07 Å². The summed E-state index contributed by atoms with van der Waals surface area (Å²) in [7, 11) is 0. The standard InChI is InChI=1S/C18H20N4OS.C2H4N2/c1-2-20-18(24)22-16(17(23)21-10-9-19)12-13-7-8-14-5-3-4-6-15(14)11-13;3-1-2-4/h3-8,11,16H,2,10,12H2,1H3,(H,21,23)(H2,20,22,24);1,3H2. The van der Waals surface area contributed by atoms with E-state index in [4.69, 9.17) is 22.7 Å². The first-order chi connectivity index (χ1) is 13.5. The van der Waals surface area contributed by atoms with Crippen LogP contribution in [0.4, 0.5) is 0 Å². The second-order valence-electron chi connectivity index (χ2n) is 5.68. The van der Waals surface area contributed by atoms with Gasteiger partial charge in [-0.25, -0.2) is 0 Å². The molecule has 5 N–H and O–H groups in total. The molecule has 2 aromatic rings. The zero-order chi connectivity index (χ0) is 20.8. The molecule has 1 atom stereocenters. The highest BCUT2D eigenvalue weighted by Gasteiger charge is 2.19. The Hall–Kier alpha value is -3.20. The van der Waals surface area contributed by atoms with Crippen molar-refractivity contribution >= 4 is 34.0 Å². The molecular weight excluding hydrogens is 372 g/mol. The Balaban J connectivity index is 0.000000892. The van der Waals surface area contributed by atoms with E-state index in [1.807, 2.05) is 43.3 Å². The summed E-state index contributed by atoms with van der Waals surface area (Å²) >= 11 is 5.19. The van der Waals surface area contributed by atoms with Gasteiger partial charge in [0.25, 0.3) is 0 Å². The lowest BCUT2D eigenvalue weighted by Gasteiger charge is -2.20. The molecule has 8 heteroatoms. The van der Waals surface area contributed by atoms with E-state index >= 15 is 0 Å². The van der Waals surface area contributed by atoms with E-state index in [1.165, 1.54) is 0 Å². The first kappa shape index (κ1) is 22.8. The number of amides is 1. The third-order valence-electron chi connectivity index (χ3n) is 3.65. The molecular formula is C20H24N6OS. The van der Waals surface area contributed by atoms with Crippen molar-refractivity contribution < 1.29 is 4.79 Å². The summed E-state index contributed by atoms with van der Waals surface area (Å²) in [5.41, 5.74) is 5.69. The number of benzene rings is 2.